The molecule has 0 bridgehead atoms. The average molecular weight is 365 g/mol. The second-order valence-corrected chi connectivity index (χ2v) is 6.56. The van der Waals surface area contributed by atoms with Crippen LogP contribution in [0.5, 0.6) is 5.75 Å². The fraction of sp³-hybridized carbons (Fsp3) is 0.286. The molecule has 0 saturated heterocycles. The van der Waals surface area contributed by atoms with Crippen molar-refractivity contribution in [3.05, 3.63) is 65.0 Å². The van der Waals surface area contributed by atoms with E-state index >= 15 is 0 Å². The van der Waals surface area contributed by atoms with Gasteiger partial charge in [0.15, 0.2) is 6.10 Å². The maximum Gasteiger partial charge on any atom is 0.261 e. The summed E-state index contributed by atoms with van der Waals surface area (Å²) in [4.78, 5) is 16.6. The molecule has 0 saturated carbocycles. The molecule has 2 aromatic carbocycles. The van der Waals surface area contributed by atoms with Gasteiger partial charge in [0.2, 0.25) is 11.7 Å². The summed E-state index contributed by atoms with van der Waals surface area (Å²) in [5.41, 5.74) is 4.14. The Morgan fingerprint density at radius 1 is 1.19 bits per heavy atom. The van der Waals surface area contributed by atoms with E-state index in [-0.39, 0.29) is 12.5 Å². The molecule has 27 heavy (non-hydrogen) atoms. The molecule has 1 N–H and O–H groups in total. The lowest BCUT2D eigenvalue weighted by atomic mass is 10.1. The second kappa shape index (κ2) is 8.03. The van der Waals surface area contributed by atoms with E-state index in [1.54, 1.807) is 6.92 Å². The van der Waals surface area contributed by atoms with Crippen LogP contribution in [0.4, 0.5) is 0 Å². The zero-order valence-electron chi connectivity index (χ0n) is 15.9. The van der Waals surface area contributed by atoms with Crippen molar-refractivity contribution < 1.29 is 14.1 Å². The number of carbonyl (C=O) groups excluding carboxylic acids is 1. The van der Waals surface area contributed by atoms with Gasteiger partial charge in [-0.3, -0.25) is 4.79 Å². The van der Waals surface area contributed by atoms with Gasteiger partial charge < -0.3 is 14.6 Å². The van der Waals surface area contributed by atoms with Gasteiger partial charge in [0.25, 0.3) is 5.91 Å². The van der Waals surface area contributed by atoms with Crippen LogP contribution in [0.15, 0.2) is 47.0 Å². The number of benzene rings is 2. The Kier molecular flexibility index (Phi) is 5.54. The zero-order valence-corrected chi connectivity index (χ0v) is 15.9. The van der Waals surface area contributed by atoms with Crippen molar-refractivity contribution in [3.8, 4) is 17.1 Å². The molecule has 6 heteroatoms. The smallest absolute Gasteiger partial charge is 0.261 e. The number of carbonyl (C=O) groups is 1. The maximum atomic E-state index is 12.3. The Labute approximate surface area is 158 Å². The van der Waals surface area contributed by atoms with Crippen molar-refractivity contribution in [2.24, 2.45) is 0 Å². The first kappa shape index (κ1) is 18.6. The highest BCUT2D eigenvalue weighted by Gasteiger charge is 2.17. The van der Waals surface area contributed by atoms with Gasteiger partial charge in [-0.2, -0.15) is 4.98 Å². The molecule has 0 aliphatic carbocycles. The fourth-order valence-corrected chi connectivity index (χ4v) is 2.63. The first-order chi connectivity index (χ1) is 12.9. The van der Waals surface area contributed by atoms with E-state index in [4.69, 9.17) is 9.26 Å². The Balaban J connectivity index is 1.58. The third-order valence-corrected chi connectivity index (χ3v) is 4.39. The molecule has 6 nitrogen and oxygen atoms in total. The van der Waals surface area contributed by atoms with E-state index in [1.807, 2.05) is 63.2 Å². The van der Waals surface area contributed by atoms with Crippen LogP contribution in [0, 0.1) is 20.8 Å². The number of rotatable bonds is 6. The topological polar surface area (TPSA) is 77.2 Å². The summed E-state index contributed by atoms with van der Waals surface area (Å²) in [7, 11) is 0. The third-order valence-electron chi connectivity index (χ3n) is 4.39. The van der Waals surface area contributed by atoms with E-state index in [1.165, 1.54) is 0 Å². The summed E-state index contributed by atoms with van der Waals surface area (Å²) < 4.78 is 11.0. The SMILES string of the molecule is Cc1cccc(-c2noc(CNC(=O)[C@H](C)Oc3cccc(C)c3C)n2)c1. The zero-order chi connectivity index (χ0) is 19.4. The molecule has 1 aromatic heterocycles. The van der Waals surface area contributed by atoms with Crippen molar-refractivity contribution in [3.63, 3.8) is 0 Å². The molecule has 0 unspecified atom stereocenters. The summed E-state index contributed by atoms with van der Waals surface area (Å²) in [6.45, 7) is 7.85. The van der Waals surface area contributed by atoms with Crippen LogP contribution >= 0.6 is 0 Å². The summed E-state index contributed by atoms with van der Waals surface area (Å²) in [5, 5.41) is 6.74. The van der Waals surface area contributed by atoms with Gasteiger partial charge in [-0.1, -0.05) is 41.1 Å². The number of ether oxygens (including phenoxy) is 1. The molecule has 1 amide bonds. The summed E-state index contributed by atoms with van der Waals surface area (Å²) in [6, 6.07) is 13.6. The van der Waals surface area contributed by atoms with E-state index < -0.39 is 6.10 Å². The van der Waals surface area contributed by atoms with E-state index in [9.17, 15) is 4.79 Å². The van der Waals surface area contributed by atoms with Gasteiger partial charge in [0, 0.05) is 5.56 Å². The van der Waals surface area contributed by atoms with Crippen LogP contribution < -0.4 is 10.1 Å². The molecule has 0 radical (unpaired) electrons. The highest BCUT2D eigenvalue weighted by molar-refractivity contribution is 5.80. The van der Waals surface area contributed by atoms with Crippen LogP contribution in [0.1, 0.15) is 29.5 Å². The number of nitrogens with one attached hydrogen (secondary N) is 1. The number of hydrogen-bond donors (Lipinski definition) is 1. The molecule has 3 aromatic rings. The highest BCUT2D eigenvalue weighted by atomic mass is 16.5. The summed E-state index contributed by atoms with van der Waals surface area (Å²) in [5.74, 6) is 1.31. The third kappa shape index (κ3) is 4.53. The van der Waals surface area contributed by atoms with E-state index in [2.05, 4.69) is 15.5 Å². The molecule has 1 atom stereocenters. The summed E-state index contributed by atoms with van der Waals surface area (Å²) >= 11 is 0. The second-order valence-electron chi connectivity index (χ2n) is 6.56. The number of amides is 1. The van der Waals surface area contributed by atoms with Gasteiger partial charge in [-0.15, -0.1) is 0 Å². The van der Waals surface area contributed by atoms with Crippen LogP contribution in [-0.2, 0) is 11.3 Å². The lowest BCUT2D eigenvalue weighted by Crippen LogP contribution is -2.36. The standard InChI is InChI=1S/C21H23N3O3/c1-13-7-5-9-17(11-13)20-23-19(27-24-20)12-22-21(25)16(4)26-18-10-6-8-14(2)15(18)3/h5-11,16H,12H2,1-4H3,(H,22,25)/t16-/m0/s1. The number of nitrogens with zero attached hydrogens (tertiary/aromatic N) is 2. The molecular weight excluding hydrogens is 342 g/mol. The lowest BCUT2D eigenvalue weighted by molar-refractivity contribution is -0.127. The lowest BCUT2D eigenvalue weighted by Gasteiger charge is -2.16. The molecule has 0 aliphatic heterocycles. The van der Waals surface area contributed by atoms with Crippen molar-refractivity contribution >= 4 is 5.91 Å². The fourth-order valence-electron chi connectivity index (χ4n) is 2.63. The normalized spacial score (nSPS) is 11.9. The predicted molar refractivity (Wildman–Crippen MR) is 102 cm³/mol. The van der Waals surface area contributed by atoms with Gasteiger partial charge in [0.1, 0.15) is 5.75 Å². The predicted octanol–water partition coefficient (Wildman–Crippen LogP) is 3.75. The van der Waals surface area contributed by atoms with Gasteiger partial charge >= 0.3 is 0 Å². The molecule has 3 rings (SSSR count). The minimum atomic E-state index is -0.635. The molecular formula is C21H23N3O3. The minimum Gasteiger partial charge on any atom is -0.481 e. The van der Waals surface area contributed by atoms with E-state index in [0.29, 0.717) is 17.5 Å². The molecule has 0 fully saturated rings. The van der Waals surface area contributed by atoms with E-state index in [0.717, 1.165) is 22.3 Å². The van der Waals surface area contributed by atoms with Crippen molar-refractivity contribution in [1.82, 2.24) is 15.5 Å². The average Bonchev–Trinajstić information content (AvgIpc) is 3.12. The Hall–Kier alpha value is -3.15. The monoisotopic (exact) mass is 365 g/mol. The quantitative estimate of drug-likeness (QED) is 0.720. The molecule has 0 spiro atoms. The molecule has 140 valence electrons. The first-order valence-corrected chi connectivity index (χ1v) is 8.84. The highest BCUT2D eigenvalue weighted by Crippen LogP contribution is 2.22. The number of aryl methyl sites for hydroxylation is 2. The molecule has 0 aliphatic rings. The van der Waals surface area contributed by atoms with Crippen LogP contribution in [0.25, 0.3) is 11.4 Å². The van der Waals surface area contributed by atoms with Crippen LogP contribution in [-0.4, -0.2) is 22.2 Å². The van der Waals surface area contributed by atoms with Gasteiger partial charge in [-0.25, -0.2) is 0 Å². The Morgan fingerprint density at radius 3 is 2.74 bits per heavy atom. The maximum absolute atomic E-state index is 12.3. The Morgan fingerprint density at radius 2 is 1.96 bits per heavy atom. The number of aromatic nitrogens is 2. The van der Waals surface area contributed by atoms with Crippen LogP contribution in [0.3, 0.4) is 0 Å². The molecule has 1 heterocycles. The van der Waals surface area contributed by atoms with Gasteiger partial charge in [0.05, 0.1) is 6.54 Å². The first-order valence-electron chi connectivity index (χ1n) is 8.84. The largest absolute Gasteiger partial charge is 0.481 e. The minimum absolute atomic E-state index is 0.151. The summed E-state index contributed by atoms with van der Waals surface area (Å²) in [6.07, 6.45) is -0.635. The van der Waals surface area contributed by atoms with Crippen molar-refractivity contribution in [2.45, 2.75) is 40.3 Å². The van der Waals surface area contributed by atoms with Crippen LogP contribution in [0.2, 0.25) is 0 Å². The van der Waals surface area contributed by atoms with Gasteiger partial charge in [-0.05, 0) is 51.0 Å². The van der Waals surface area contributed by atoms with Crippen molar-refractivity contribution in [1.29, 1.82) is 0 Å². The van der Waals surface area contributed by atoms with Crippen molar-refractivity contribution in [2.75, 3.05) is 0 Å². The Bertz CT molecular complexity index is 949. The number of hydrogen-bond acceptors (Lipinski definition) is 5.